The smallest absolute Gasteiger partial charge is 0.449 e. The minimum atomic E-state index is -4.67. The van der Waals surface area contributed by atoms with E-state index in [2.05, 4.69) is 31.6 Å². The van der Waals surface area contributed by atoms with Crippen molar-refractivity contribution in [2.45, 2.75) is 69.4 Å². The number of aromatic nitrogens is 2. The predicted octanol–water partition coefficient (Wildman–Crippen LogP) is 4.34. The summed E-state index contributed by atoms with van der Waals surface area (Å²) in [4.78, 5) is 11.7. The number of nitrogens with one attached hydrogen (secondary N) is 1. The standard InChI is InChI=1S/C18H21F6N3O5/c1-9(25-16(28)29-8-10-4-12(5-10)31-17(19,20)21)2-3-14-26-27-15(30-14)11-6-13(7-11)32-18(22,23)24/h10-13H,1-8H2,(H,25,28)/t10-,11-,12+,13+. The number of alkyl halides is 6. The number of ether oxygens (including phenoxy) is 3. The summed E-state index contributed by atoms with van der Waals surface area (Å²) in [7, 11) is 0. The molecule has 1 N–H and O–H groups in total. The van der Waals surface area contributed by atoms with Gasteiger partial charge in [0.25, 0.3) is 0 Å². The van der Waals surface area contributed by atoms with E-state index in [9.17, 15) is 31.1 Å². The molecule has 32 heavy (non-hydrogen) atoms. The molecule has 0 aliphatic heterocycles. The van der Waals surface area contributed by atoms with E-state index in [1.807, 2.05) is 0 Å². The van der Waals surface area contributed by atoms with Crippen LogP contribution in [0.5, 0.6) is 0 Å². The molecule has 0 spiro atoms. The van der Waals surface area contributed by atoms with Gasteiger partial charge in [-0.2, -0.15) is 0 Å². The first-order valence-corrected chi connectivity index (χ1v) is 9.79. The second-order valence-corrected chi connectivity index (χ2v) is 7.74. The Bertz CT molecular complexity index is 800. The maximum absolute atomic E-state index is 12.1. The minimum Gasteiger partial charge on any atom is -0.449 e. The lowest BCUT2D eigenvalue weighted by molar-refractivity contribution is -0.355. The lowest BCUT2D eigenvalue weighted by Gasteiger charge is -2.34. The summed E-state index contributed by atoms with van der Waals surface area (Å²) in [5.74, 6) is -0.0339. The van der Waals surface area contributed by atoms with E-state index in [1.165, 1.54) is 0 Å². The number of nitrogens with zero attached hydrogens (tertiary/aromatic N) is 2. The first kappa shape index (κ1) is 24.3. The fraction of sp³-hybridized carbons (Fsp3) is 0.722. The zero-order valence-electron chi connectivity index (χ0n) is 16.7. The Morgan fingerprint density at radius 1 is 1.03 bits per heavy atom. The molecule has 1 heterocycles. The number of halogens is 6. The third kappa shape index (κ3) is 7.65. The van der Waals surface area contributed by atoms with Crippen molar-refractivity contribution in [1.82, 2.24) is 15.5 Å². The molecule has 2 aliphatic carbocycles. The van der Waals surface area contributed by atoms with Crippen LogP contribution in [0.25, 0.3) is 0 Å². The topological polar surface area (TPSA) is 95.7 Å². The molecule has 0 saturated heterocycles. The number of amides is 1. The number of alkyl carbamates (subject to hydrolysis) is 1. The predicted molar refractivity (Wildman–Crippen MR) is 92.8 cm³/mol. The van der Waals surface area contributed by atoms with Gasteiger partial charge in [-0.1, -0.05) is 6.58 Å². The molecule has 0 radical (unpaired) electrons. The van der Waals surface area contributed by atoms with Gasteiger partial charge < -0.3 is 9.15 Å². The van der Waals surface area contributed by atoms with E-state index in [0.717, 1.165) is 0 Å². The first-order chi connectivity index (χ1) is 14.9. The van der Waals surface area contributed by atoms with E-state index in [4.69, 9.17) is 9.15 Å². The van der Waals surface area contributed by atoms with Crippen molar-refractivity contribution in [3.63, 3.8) is 0 Å². The van der Waals surface area contributed by atoms with Crippen molar-refractivity contribution < 1.29 is 49.8 Å². The van der Waals surface area contributed by atoms with Gasteiger partial charge in [-0.3, -0.25) is 14.8 Å². The summed E-state index contributed by atoms with van der Waals surface area (Å²) < 4.78 is 90.7. The van der Waals surface area contributed by atoms with Crippen molar-refractivity contribution in [2.24, 2.45) is 5.92 Å². The second kappa shape index (κ2) is 9.65. The highest BCUT2D eigenvalue weighted by atomic mass is 19.4. The molecule has 8 nitrogen and oxygen atoms in total. The third-order valence-electron chi connectivity index (χ3n) is 5.09. The van der Waals surface area contributed by atoms with Gasteiger partial charge in [0.15, 0.2) is 0 Å². The van der Waals surface area contributed by atoms with Gasteiger partial charge in [0.2, 0.25) is 11.8 Å². The van der Waals surface area contributed by atoms with Crippen LogP contribution in [-0.2, 0) is 20.6 Å². The second-order valence-electron chi connectivity index (χ2n) is 7.74. The number of rotatable bonds is 9. The summed E-state index contributed by atoms with van der Waals surface area (Å²) >= 11 is 0. The highest BCUT2D eigenvalue weighted by molar-refractivity contribution is 5.69. The van der Waals surface area contributed by atoms with Crippen LogP contribution in [-0.4, -0.2) is 47.8 Å². The average Bonchev–Trinajstić information content (AvgIpc) is 3.04. The summed E-state index contributed by atoms with van der Waals surface area (Å²) in [5.41, 5.74) is 0.295. The number of hydrogen-bond acceptors (Lipinski definition) is 7. The lowest BCUT2D eigenvalue weighted by Crippen LogP contribution is -2.39. The Morgan fingerprint density at radius 3 is 2.22 bits per heavy atom. The van der Waals surface area contributed by atoms with Gasteiger partial charge in [0.05, 0.1) is 18.8 Å². The van der Waals surface area contributed by atoms with Crippen LogP contribution in [0.4, 0.5) is 31.1 Å². The highest BCUT2D eigenvalue weighted by Crippen LogP contribution is 2.40. The normalized spacial score (nSPS) is 25.6. The molecule has 0 unspecified atom stereocenters. The monoisotopic (exact) mass is 473 g/mol. The quantitative estimate of drug-likeness (QED) is 0.533. The van der Waals surface area contributed by atoms with Gasteiger partial charge in [-0.05, 0) is 38.0 Å². The van der Waals surface area contributed by atoms with Crippen LogP contribution in [0.15, 0.2) is 16.7 Å². The number of hydrogen-bond donors (Lipinski definition) is 1. The Balaban J connectivity index is 1.28. The van der Waals surface area contributed by atoms with Crippen LogP contribution < -0.4 is 5.32 Å². The van der Waals surface area contributed by atoms with Gasteiger partial charge >= 0.3 is 18.8 Å². The lowest BCUT2D eigenvalue weighted by atomic mass is 9.82. The van der Waals surface area contributed by atoms with Gasteiger partial charge in [0, 0.05) is 18.0 Å². The number of carbonyl (C=O) groups is 1. The van der Waals surface area contributed by atoms with E-state index in [0.29, 0.717) is 5.70 Å². The van der Waals surface area contributed by atoms with Crippen molar-refractivity contribution >= 4 is 6.09 Å². The molecule has 0 atom stereocenters. The molecule has 1 aromatic heterocycles. The first-order valence-electron chi connectivity index (χ1n) is 9.79. The minimum absolute atomic E-state index is 0.0374. The Kier molecular flexibility index (Phi) is 7.32. The molecule has 2 fully saturated rings. The number of aryl methyl sites for hydroxylation is 1. The maximum Gasteiger partial charge on any atom is 0.522 e. The van der Waals surface area contributed by atoms with Crippen LogP contribution in [0, 0.1) is 5.92 Å². The molecule has 0 bridgehead atoms. The van der Waals surface area contributed by atoms with Gasteiger partial charge in [-0.25, -0.2) is 4.79 Å². The van der Waals surface area contributed by atoms with Crippen molar-refractivity contribution in [3.8, 4) is 0 Å². The van der Waals surface area contributed by atoms with Crippen LogP contribution in [0.3, 0.4) is 0 Å². The zero-order chi connectivity index (χ0) is 23.5. The summed E-state index contributed by atoms with van der Waals surface area (Å²) in [6.07, 6.45) is -10.9. The molecule has 180 valence electrons. The molecular formula is C18H21F6N3O5. The van der Waals surface area contributed by atoms with E-state index in [-0.39, 0.29) is 68.7 Å². The fourth-order valence-electron chi connectivity index (χ4n) is 3.38. The molecule has 3 rings (SSSR count). The summed E-state index contributed by atoms with van der Waals surface area (Å²) in [6, 6.07) is 0. The Morgan fingerprint density at radius 2 is 1.62 bits per heavy atom. The van der Waals surface area contributed by atoms with Crippen LogP contribution in [0.1, 0.15) is 49.8 Å². The number of allylic oxidation sites excluding steroid dienone is 1. The molecule has 1 aromatic rings. The third-order valence-corrected chi connectivity index (χ3v) is 5.09. The molecule has 14 heteroatoms. The average molecular weight is 473 g/mol. The molecule has 1 amide bonds. The fourth-order valence-corrected chi connectivity index (χ4v) is 3.38. The molecule has 0 aromatic carbocycles. The molecule has 2 aliphatic rings. The van der Waals surface area contributed by atoms with E-state index >= 15 is 0 Å². The zero-order valence-corrected chi connectivity index (χ0v) is 16.7. The van der Waals surface area contributed by atoms with E-state index in [1.54, 1.807) is 0 Å². The molecular weight excluding hydrogens is 452 g/mol. The Labute approximate surface area is 178 Å². The van der Waals surface area contributed by atoms with Crippen molar-refractivity contribution in [1.29, 1.82) is 0 Å². The highest BCUT2D eigenvalue weighted by Gasteiger charge is 2.42. The SMILES string of the molecule is C=C(CCc1nnc([C@H]2C[C@@H](OC(F)(F)F)C2)o1)NC(=O)OC[C@H]1C[C@@H](OC(F)(F)F)C1. The van der Waals surface area contributed by atoms with Gasteiger partial charge in [-0.15, -0.1) is 36.5 Å². The van der Waals surface area contributed by atoms with E-state index < -0.39 is 31.0 Å². The van der Waals surface area contributed by atoms with Crippen molar-refractivity contribution in [3.05, 3.63) is 24.1 Å². The largest absolute Gasteiger partial charge is 0.522 e. The maximum atomic E-state index is 12.1. The molecule has 2 saturated carbocycles. The summed E-state index contributed by atoms with van der Waals surface area (Å²) in [5, 5.41) is 10.1. The summed E-state index contributed by atoms with van der Waals surface area (Å²) in [6.45, 7) is 3.63. The number of carbonyl (C=O) groups excluding carboxylic acids is 1. The van der Waals surface area contributed by atoms with Crippen LogP contribution >= 0.6 is 0 Å². The van der Waals surface area contributed by atoms with Gasteiger partial charge in [0.1, 0.15) is 0 Å². The van der Waals surface area contributed by atoms with Crippen molar-refractivity contribution in [2.75, 3.05) is 6.61 Å². The Hall–Kier alpha value is -2.35. The van der Waals surface area contributed by atoms with Crippen LogP contribution in [0.2, 0.25) is 0 Å².